The normalized spacial score (nSPS) is 10.7. The van der Waals surface area contributed by atoms with Crippen LogP contribution in [0.2, 0.25) is 0 Å². The van der Waals surface area contributed by atoms with Gasteiger partial charge in [-0.15, -0.1) is 11.3 Å². The van der Waals surface area contributed by atoms with Crippen LogP contribution in [-0.4, -0.2) is 20.9 Å². The third kappa shape index (κ3) is 4.24. The maximum absolute atomic E-state index is 11.1. The third-order valence-corrected chi connectivity index (χ3v) is 5.10. The molecule has 0 spiro atoms. The van der Waals surface area contributed by atoms with Crippen molar-refractivity contribution in [2.45, 2.75) is 17.0 Å². The van der Waals surface area contributed by atoms with Gasteiger partial charge in [-0.1, -0.05) is 12.1 Å². The summed E-state index contributed by atoms with van der Waals surface area (Å²) in [5.74, 6) is 1.40. The highest BCUT2D eigenvalue weighted by Gasteiger charge is 2.10. The first-order valence-corrected chi connectivity index (χ1v) is 9.91. The van der Waals surface area contributed by atoms with Crippen molar-refractivity contribution >= 4 is 57.2 Å². The van der Waals surface area contributed by atoms with Crippen LogP contribution in [0.4, 0.5) is 17.3 Å². The summed E-state index contributed by atoms with van der Waals surface area (Å²) in [7, 11) is 0. The fraction of sp³-hybridized carbons (Fsp3) is 0.0526. The number of para-hydroxylation sites is 1. The fourth-order valence-electron chi connectivity index (χ4n) is 2.51. The number of amides is 1. The van der Waals surface area contributed by atoms with E-state index in [1.807, 2.05) is 53.9 Å². The van der Waals surface area contributed by atoms with Crippen molar-refractivity contribution in [3.05, 3.63) is 59.4 Å². The van der Waals surface area contributed by atoms with Crippen LogP contribution in [0.25, 0.3) is 10.9 Å². The van der Waals surface area contributed by atoms with Crippen molar-refractivity contribution in [2.75, 3.05) is 10.6 Å². The summed E-state index contributed by atoms with van der Waals surface area (Å²) in [6.45, 7) is 1.49. The van der Waals surface area contributed by atoms with Crippen LogP contribution < -0.4 is 10.6 Å². The minimum atomic E-state index is -0.0916. The number of anilines is 3. The molecule has 8 heteroatoms. The molecule has 4 rings (SSSR count). The summed E-state index contributed by atoms with van der Waals surface area (Å²) in [6.07, 6.45) is 0. The Morgan fingerprint density at radius 2 is 1.89 bits per heavy atom. The lowest BCUT2D eigenvalue weighted by Crippen LogP contribution is -2.05. The Labute approximate surface area is 164 Å². The van der Waals surface area contributed by atoms with E-state index in [0.29, 0.717) is 5.16 Å². The first-order valence-electron chi connectivity index (χ1n) is 8.15. The maximum Gasteiger partial charge on any atom is 0.221 e. The van der Waals surface area contributed by atoms with Gasteiger partial charge in [-0.25, -0.2) is 15.0 Å². The van der Waals surface area contributed by atoms with Gasteiger partial charge in [0.15, 0.2) is 5.16 Å². The van der Waals surface area contributed by atoms with Crippen molar-refractivity contribution < 1.29 is 4.79 Å². The highest BCUT2D eigenvalue weighted by Crippen LogP contribution is 2.31. The Balaban J connectivity index is 1.64. The molecule has 0 aliphatic rings. The Morgan fingerprint density at radius 1 is 1.07 bits per heavy atom. The highest BCUT2D eigenvalue weighted by molar-refractivity contribution is 7.99. The summed E-state index contributed by atoms with van der Waals surface area (Å²) in [6, 6.07) is 15.5. The van der Waals surface area contributed by atoms with Gasteiger partial charge in [-0.2, -0.15) is 0 Å². The van der Waals surface area contributed by atoms with E-state index < -0.39 is 0 Å². The van der Waals surface area contributed by atoms with Crippen molar-refractivity contribution in [1.82, 2.24) is 15.0 Å². The van der Waals surface area contributed by atoms with Crippen LogP contribution in [0.1, 0.15) is 6.92 Å². The molecule has 0 bridgehead atoms. The predicted molar refractivity (Wildman–Crippen MR) is 110 cm³/mol. The minimum Gasteiger partial charge on any atom is -0.326 e. The van der Waals surface area contributed by atoms with Gasteiger partial charge in [-0.05, 0) is 48.2 Å². The SMILES string of the molecule is CC(=O)Nc1ccc(Sc2nc(Nc3cscn3)c3ccccc3n2)cc1. The van der Waals surface area contributed by atoms with Gasteiger partial charge in [-0.3, -0.25) is 4.79 Å². The molecule has 2 aromatic heterocycles. The molecule has 0 radical (unpaired) electrons. The lowest BCUT2D eigenvalue weighted by atomic mass is 10.2. The number of nitrogens with zero attached hydrogens (tertiary/aromatic N) is 3. The Bertz CT molecular complexity index is 1080. The molecule has 0 aliphatic heterocycles. The zero-order valence-corrected chi connectivity index (χ0v) is 16.0. The van der Waals surface area contributed by atoms with Crippen LogP contribution in [0.3, 0.4) is 0 Å². The highest BCUT2D eigenvalue weighted by atomic mass is 32.2. The average molecular weight is 393 g/mol. The molecule has 134 valence electrons. The third-order valence-electron chi connectivity index (χ3n) is 3.65. The first-order chi connectivity index (χ1) is 13.2. The van der Waals surface area contributed by atoms with Crippen LogP contribution >= 0.6 is 23.1 Å². The molecule has 0 saturated carbocycles. The van der Waals surface area contributed by atoms with E-state index in [1.165, 1.54) is 30.0 Å². The number of hydrogen-bond acceptors (Lipinski definition) is 7. The summed E-state index contributed by atoms with van der Waals surface area (Å²) in [4.78, 5) is 25.7. The molecule has 4 aromatic rings. The second kappa shape index (κ2) is 7.73. The number of benzene rings is 2. The smallest absolute Gasteiger partial charge is 0.221 e. The van der Waals surface area contributed by atoms with Gasteiger partial charge in [0.05, 0.1) is 11.0 Å². The van der Waals surface area contributed by atoms with Crippen LogP contribution in [0, 0.1) is 0 Å². The topological polar surface area (TPSA) is 79.8 Å². The molecule has 2 heterocycles. The van der Waals surface area contributed by atoms with Crippen molar-refractivity contribution in [3.63, 3.8) is 0 Å². The Kier molecular flexibility index (Phi) is 4.99. The van der Waals surface area contributed by atoms with Gasteiger partial charge in [0.1, 0.15) is 11.6 Å². The molecule has 0 unspecified atom stereocenters. The number of fused-ring (bicyclic) bond motifs is 1. The zero-order chi connectivity index (χ0) is 18.6. The lowest BCUT2D eigenvalue weighted by molar-refractivity contribution is -0.114. The molecule has 0 aliphatic carbocycles. The van der Waals surface area contributed by atoms with Crippen LogP contribution in [0.15, 0.2) is 69.5 Å². The van der Waals surface area contributed by atoms with Gasteiger partial charge < -0.3 is 10.6 Å². The number of thiazole rings is 1. The molecule has 0 atom stereocenters. The second-order valence-corrected chi connectivity index (χ2v) is 7.44. The minimum absolute atomic E-state index is 0.0916. The van der Waals surface area contributed by atoms with Gasteiger partial charge >= 0.3 is 0 Å². The van der Waals surface area contributed by atoms with Gasteiger partial charge in [0.2, 0.25) is 5.91 Å². The molecule has 0 saturated heterocycles. The number of hydrogen-bond donors (Lipinski definition) is 2. The van der Waals surface area contributed by atoms with Gasteiger partial charge in [0.25, 0.3) is 0 Å². The van der Waals surface area contributed by atoms with Crippen LogP contribution in [-0.2, 0) is 4.79 Å². The predicted octanol–water partition coefficient (Wildman–Crippen LogP) is 4.94. The molecule has 2 aromatic carbocycles. The molecular weight excluding hydrogens is 378 g/mol. The summed E-state index contributed by atoms with van der Waals surface area (Å²) < 4.78 is 0. The number of nitrogens with one attached hydrogen (secondary N) is 2. The zero-order valence-electron chi connectivity index (χ0n) is 14.3. The lowest BCUT2D eigenvalue weighted by Gasteiger charge is -2.09. The molecule has 27 heavy (non-hydrogen) atoms. The average Bonchev–Trinajstić information content (AvgIpc) is 3.16. The number of carbonyl (C=O) groups is 1. The van der Waals surface area contributed by atoms with E-state index in [0.717, 1.165) is 33.1 Å². The van der Waals surface area contributed by atoms with Crippen molar-refractivity contribution in [3.8, 4) is 0 Å². The quantitative estimate of drug-likeness (QED) is 0.468. The van der Waals surface area contributed by atoms with Crippen molar-refractivity contribution in [2.24, 2.45) is 0 Å². The number of rotatable bonds is 5. The van der Waals surface area contributed by atoms with E-state index in [9.17, 15) is 4.79 Å². The monoisotopic (exact) mass is 393 g/mol. The van der Waals surface area contributed by atoms with E-state index in [4.69, 9.17) is 0 Å². The second-order valence-electron chi connectivity index (χ2n) is 5.68. The molecule has 2 N–H and O–H groups in total. The molecular formula is C19H15N5OS2. The van der Waals surface area contributed by atoms with E-state index in [2.05, 4.69) is 25.6 Å². The molecule has 0 fully saturated rings. The Hall–Kier alpha value is -2.97. The van der Waals surface area contributed by atoms with E-state index in [1.54, 1.807) is 5.51 Å². The van der Waals surface area contributed by atoms with Crippen molar-refractivity contribution in [1.29, 1.82) is 0 Å². The molecule has 6 nitrogen and oxygen atoms in total. The largest absolute Gasteiger partial charge is 0.326 e. The van der Waals surface area contributed by atoms with Gasteiger partial charge in [0, 0.05) is 28.3 Å². The molecule has 1 amide bonds. The summed E-state index contributed by atoms with van der Waals surface area (Å²) in [5.41, 5.74) is 3.40. The Morgan fingerprint density at radius 3 is 2.63 bits per heavy atom. The number of carbonyl (C=O) groups excluding carboxylic acids is 1. The maximum atomic E-state index is 11.1. The summed E-state index contributed by atoms with van der Waals surface area (Å²) in [5, 5.41) is 9.54. The standard InChI is InChI=1S/C19H15N5OS2/c1-12(25)21-13-6-8-14(9-7-13)27-19-22-16-5-3-2-4-15(16)18(24-19)23-17-10-26-11-20-17/h2-11H,1H3,(H,21,25)(H,22,23,24). The summed E-state index contributed by atoms with van der Waals surface area (Å²) >= 11 is 2.99. The fourth-order valence-corrected chi connectivity index (χ4v) is 3.75. The van der Waals surface area contributed by atoms with E-state index in [-0.39, 0.29) is 5.91 Å². The van der Waals surface area contributed by atoms with Crippen LogP contribution in [0.5, 0.6) is 0 Å². The number of aromatic nitrogens is 3. The first kappa shape index (κ1) is 17.4. The van der Waals surface area contributed by atoms with E-state index >= 15 is 0 Å².